The van der Waals surface area contributed by atoms with E-state index in [0.29, 0.717) is 12.6 Å². The lowest BCUT2D eigenvalue weighted by molar-refractivity contribution is 0.154. The van der Waals surface area contributed by atoms with Crippen molar-refractivity contribution in [1.82, 2.24) is 10.3 Å². The molecule has 1 aromatic rings. The van der Waals surface area contributed by atoms with Gasteiger partial charge in [0.15, 0.2) is 0 Å². The summed E-state index contributed by atoms with van der Waals surface area (Å²) in [5.41, 5.74) is 1.25. The van der Waals surface area contributed by atoms with Crippen molar-refractivity contribution in [3.63, 3.8) is 0 Å². The zero-order chi connectivity index (χ0) is 12.4. The number of nitrogens with zero attached hydrogens (tertiary/aromatic N) is 2. The van der Waals surface area contributed by atoms with Crippen LogP contribution < -0.4 is 10.2 Å². The second kappa shape index (κ2) is 5.24. The maximum Gasteiger partial charge on any atom is 0.133 e. The molecule has 1 aliphatic heterocycles. The van der Waals surface area contributed by atoms with E-state index in [-0.39, 0.29) is 6.10 Å². The van der Waals surface area contributed by atoms with Crippen LogP contribution in [0.4, 0.5) is 5.82 Å². The molecule has 18 heavy (non-hydrogen) atoms. The molecule has 0 spiro atoms. The Hall–Kier alpha value is -1.13. The summed E-state index contributed by atoms with van der Waals surface area (Å²) in [7, 11) is 0. The molecule has 4 heteroatoms. The normalized spacial score (nSPS) is 24.3. The van der Waals surface area contributed by atoms with Crippen molar-refractivity contribution >= 4 is 5.82 Å². The first-order valence-corrected chi connectivity index (χ1v) is 6.93. The molecule has 1 atom stereocenters. The minimum Gasteiger partial charge on any atom is -0.391 e. The van der Waals surface area contributed by atoms with Gasteiger partial charge in [-0.15, -0.1) is 0 Å². The Balaban J connectivity index is 1.72. The zero-order valence-electron chi connectivity index (χ0n) is 10.7. The third-order valence-electron chi connectivity index (χ3n) is 3.72. The Kier molecular flexibility index (Phi) is 3.48. The molecule has 2 heterocycles. The van der Waals surface area contributed by atoms with E-state index >= 15 is 0 Å². The largest absolute Gasteiger partial charge is 0.391 e. The number of aliphatic hydroxyl groups is 1. The van der Waals surface area contributed by atoms with Gasteiger partial charge in [0.25, 0.3) is 0 Å². The van der Waals surface area contributed by atoms with Gasteiger partial charge in [-0.05, 0) is 31.7 Å². The summed E-state index contributed by atoms with van der Waals surface area (Å²) in [6.45, 7) is 2.61. The van der Waals surface area contributed by atoms with Crippen molar-refractivity contribution in [3.8, 4) is 0 Å². The molecule has 98 valence electrons. The zero-order valence-corrected chi connectivity index (χ0v) is 10.7. The van der Waals surface area contributed by atoms with E-state index < -0.39 is 0 Å². The number of β-amino-alcohol motifs (C(OH)–C–C–N with tert-alkyl or cyclic N) is 1. The molecular formula is C14H21N3O. The highest BCUT2D eigenvalue weighted by molar-refractivity contribution is 5.47. The number of rotatable bonds is 4. The van der Waals surface area contributed by atoms with E-state index in [0.717, 1.165) is 31.7 Å². The Morgan fingerprint density at radius 2 is 2.28 bits per heavy atom. The average Bonchev–Trinajstić information content (AvgIpc) is 3.21. The Bertz CT molecular complexity index is 406. The first-order valence-electron chi connectivity index (χ1n) is 6.93. The van der Waals surface area contributed by atoms with E-state index in [4.69, 9.17) is 0 Å². The van der Waals surface area contributed by atoms with E-state index in [1.807, 2.05) is 12.3 Å². The van der Waals surface area contributed by atoms with Crippen LogP contribution in [0.3, 0.4) is 0 Å². The number of piperidine rings is 1. The van der Waals surface area contributed by atoms with Crippen molar-refractivity contribution in [2.24, 2.45) is 0 Å². The molecule has 0 radical (unpaired) electrons. The number of hydrogen-bond donors (Lipinski definition) is 2. The van der Waals surface area contributed by atoms with Crippen LogP contribution in [0.15, 0.2) is 18.3 Å². The fourth-order valence-electron chi connectivity index (χ4n) is 2.54. The van der Waals surface area contributed by atoms with E-state index in [1.165, 1.54) is 18.4 Å². The SMILES string of the molecule is OC1CCCN(c2ncccc2CNC2CC2)C1. The molecule has 4 nitrogen and oxygen atoms in total. The van der Waals surface area contributed by atoms with Gasteiger partial charge >= 0.3 is 0 Å². The molecule has 1 saturated heterocycles. The minimum absolute atomic E-state index is 0.204. The number of pyridine rings is 1. The van der Waals surface area contributed by atoms with Crippen molar-refractivity contribution in [2.75, 3.05) is 18.0 Å². The predicted octanol–water partition coefficient (Wildman–Crippen LogP) is 1.29. The molecule has 0 amide bonds. The minimum atomic E-state index is -0.204. The van der Waals surface area contributed by atoms with Gasteiger partial charge in [0, 0.05) is 37.4 Å². The van der Waals surface area contributed by atoms with Gasteiger partial charge in [-0.3, -0.25) is 0 Å². The third kappa shape index (κ3) is 2.82. The third-order valence-corrected chi connectivity index (χ3v) is 3.72. The maximum atomic E-state index is 9.77. The van der Waals surface area contributed by atoms with Crippen LogP contribution in [-0.2, 0) is 6.54 Å². The van der Waals surface area contributed by atoms with Gasteiger partial charge in [-0.25, -0.2) is 4.98 Å². The van der Waals surface area contributed by atoms with E-state index in [2.05, 4.69) is 21.3 Å². The van der Waals surface area contributed by atoms with E-state index in [9.17, 15) is 5.11 Å². The molecular weight excluding hydrogens is 226 g/mol. The summed E-state index contributed by atoms with van der Waals surface area (Å²) in [6, 6.07) is 4.84. The van der Waals surface area contributed by atoms with Crippen molar-refractivity contribution < 1.29 is 5.11 Å². The number of aliphatic hydroxyl groups excluding tert-OH is 1. The summed E-state index contributed by atoms with van der Waals surface area (Å²) in [5, 5.41) is 13.3. The summed E-state index contributed by atoms with van der Waals surface area (Å²) >= 11 is 0. The number of nitrogens with one attached hydrogen (secondary N) is 1. The smallest absolute Gasteiger partial charge is 0.133 e. The number of aromatic nitrogens is 1. The Morgan fingerprint density at radius 3 is 3.06 bits per heavy atom. The molecule has 0 bridgehead atoms. The molecule has 1 aliphatic carbocycles. The van der Waals surface area contributed by atoms with Crippen molar-refractivity contribution in [2.45, 2.75) is 44.4 Å². The van der Waals surface area contributed by atoms with Gasteiger partial charge in [0.1, 0.15) is 5.82 Å². The van der Waals surface area contributed by atoms with Crippen molar-refractivity contribution in [1.29, 1.82) is 0 Å². The molecule has 2 aliphatic rings. The molecule has 2 N–H and O–H groups in total. The Morgan fingerprint density at radius 1 is 1.39 bits per heavy atom. The molecule has 1 aromatic heterocycles. The van der Waals surface area contributed by atoms with Crippen LogP contribution in [0.25, 0.3) is 0 Å². The highest BCUT2D eigenvalue weighted by atomic mass is 16.3. The summed E-state index contributed by atoms with van der Waals surface area (Å²) in [5.74, 6) is 1.05. The highest BCUT2D eigenvalue weighted by Gasteiger charge is 2.23. The highest BCUT2D eigenvalue weighted by Crippen LogP contribution is 2.24. The molecule has 3 rings (SSSR count). The lowest BCUT2D eigenvalue weighted by Crippen LogP contribution is -2.39. The lowest BCUT2D eigenvalue weighted by Gasteiger charge is -2.32. The summed E-state index contributed by atoms with van der Waals surface area (Å²) in [6.07, 6.45) is 6.21. The fraction of sp³-hybridized carbons (Fsp3) is 0.643. The molecule has 1 saturated carbocycles. The standard InChI is InChI=1S/C14H21N3O/c18-13-4-2-8-17(10-13)14-11(3-1-7-15-14)9-16-12-5-6-12/h1,3,7,12-13,16,18H,2,4-6,8-10H2. The van der Waals surface area contributed by atoms with Gasteiger partial charge < -0.3 is 15.3 Å². The van der Waals surface area contributed by atoms with Crippen LogP contribution in [-0.4, -0.2) is 35.3 Å². The average molecular weight is 247 g/mol. The summed E-state index contributed by atoms with van der Waals surface area (Å²) in [4.78, 5) is 6.73. The Labute approximate surface area is 108 Å². The number of anilines is 1. The van der Waals surface area contributed by atoms with Crippen LogP contribution >= 0.6 is 0 Å². The predicted molar refractivity (Wildman–Crippen MR) is 71.6 cm³/mol. The molecule has 2 fully saturated rings. The van der Waals surface area contributed by atoms with Crippen molar-refractivity contribution in [3.05, 3.63) is 23.9 Å². The van der Waals surface area contributed by atoms with E-state index in [1.54, 1.807) is 0 Å². The monoisotopic (exact) mass is 247 g/mol. The van der Waals surface area contributed by atoms with Crippen LogP contribution in [0, 0.1) is 0 Å². The second-order valence-electron chi connectivity index (χ2n) is 5.38. The van der Waals surface area contributed by atoms with Gasteiger partial charge in [0.05, 0.1) is 6.10 Å². The van der Waals surface area contributed by atoms with Crippen LogP contribution in [0.1, 0.15) is 31.2 Å². The van der Waals surface area contributed by atoms with Crippen LogP contribution in [0.5, 0.6) is 0 Å². The topological polar surface area (TPSA) is 48.4 Å². The van der Waals surface area contributed by atoms with Gasteiger partial charge in [-0.1, -0.05) is 6.07 Å². The van der Waals surface area contributed by atoms with Crippen LogP contribution in [0.2, 0.25) is 0 Å². The number of hydrogen-bond acceptors (Lipinski definition) is 4. The van der Waals surface area contributed by atoms with Gasteiger partial charge in [0.2, 0.25) is 0 Å². The first kappa shape index (κ1) is 11.9. The molecule has 1 unspecified atom stereocenters. The lowest BCUT2D eigenvalue weighted by atomic mass is 10.1. The maximum absolute atomic E-state index is 9.77. The fourth-order valence-corrected chi connectivity index (χ4v) is 2.54. The summed E-state index contributed by atoms with van der Waals surface area (Å²) < 4.78 is 0. The van der Waals surface area contributed by atoms with Gasteiger partial charge in [-0.2, -0.15) is 0 Å². The first-order chi connectivity index (χ1) is 8.83. The quantitative estimate of drug-likeness (QED) is 0.842. The second-order valence-corrected chi connectivity index (χ2v) is 5.38. The molecule has 0 aromatic carbocycles.